The number of hydrogen-bond donors (Lipinski definition) is 1. The maximum atomic E-state index is 11.6. The van der Waals surface area contributed by atoms with Gasteiger partial charge in [-0.1, -0.05) is 17.7 Å². The Bertz CT molecular complexity index is 770. The lowest BCUT2D eigenvalue weighted by atomic mass is 10.3. The number of benzene rings is 2. The van der Waals surface area contributed by atoms with Crippen LogP contribution in [0.4, 0.5) is 11.4 Å². The summed E-state index contributed by atoms with van der Waals surface area (Å²) in [5, 5.41) is 0.543. The van der Waals surface area contributed by atoms with Crippen LogP contribution in [0.2, 0.25) is 5.02 Å². The van der Waals surface area contributed by atoms with Gasteiger partial charge in [0, 0.05) is 38.8 Å². The van der Waals surface area contributed by atoms with Crippen molar-refractivity contribution in [2.24, 2.45) is 10.7 Å². The Balaban J connectivity index is 2.34. The van der Waals surface area contributed by atoms with E-state index >= 15 is 0 Å². The van der Waals surface area contributed by atoms with E-state index in [9.17, 15) is 4.21 Å². The molecule has 122 valence electrons. The number of guanidine groups is 1. The second kappa shape index (κ2) is 8.36. The van der Waals surface area contributed by atoms with Crippen molar-refractivity contribution >= 4 is 69.9 Å². The second-order valence-corrected chi connectivity index (χ2v) is 9.17. The Kier molecular flexibility index (Phi) is 6.75. The minimum atomic E-state index is -1.08. The van der Waals surface area contributed by atoms with Gasteiger partial charge in [-0.2, -0.15) is 0 Å². The number of hydrogen-bond acceptors (Lipinski definition) is 3. The van der Waals surface area contributed by atoms with Crippen molar-refractivity contribution in [1.82, 2.24) is 0 Å². The van der Waals surface area contributed by atoms with E-state index in [1.165, 1.54) is 0 Å². The van der Waals surface area contributed by atoms with Crippen molar-refractivity contribution in [2.45, 2.75) is 9.79 Å². The second-order valence-electron chi connectivity index (χ2n) is 4.57. The van der Waals surface area contributed by atoms with E-state index in [0.717, 1.165) is 15.5 Å². The van der Waals surface area contributed by atoms with Gasteiger partial charge in [-0.3, -0.25) is 0 Å². The van der Waals surface area contributed by atoms with Crippen molar-refractivity contribution < 1.29 is 4.21 Å². The fourth-order valence-corrected chi connectivity index (χ4v) is 3.64. The third-order valence-corrected chi connectivity index (χ3v) is 6.32. The Morgan fingerprint density at radius 2 is 2.09 bits per heavy atom. The van der Waals surface area contributed by atoms with Gasteiger partial charge in [0.05, 0.1) is 15.6 Å². The first-order chi connectivity index (χ1) is 10.9. The van der Waals surface area contributed by atoms with Crippen molar-refractivity contribution in [1.29, 1.82) is 0 Å². The van der Waals surface area contributed by atoms with Gasteiger partial charge >= 0.3 is 0 Å². The Labute approximate surface area is 159 Å². The van der Waals surface area contributed by atoms with Crippen LogP contribution in [0.5, 0.6) is 0 Å². The van der Waals surface area contributed by atoms with Crippen LogP contribution in [-0.4, -0.2) is 23.5 Å². The highest BCUT2D eigenvalue weighted by atomic mass is 127. The molecular weight excluding hydrogens is 465 g/mol. The van der Waals surface area contributed by atoms with Gasteiger partial charge in [0.25, 0.3) is 0 Å². The molecule has 0 heterocycles. The number of thioether (sulfide) groups is 1. The molecule has 0 aliphatic heterocycles. The predicted octanol–water partition coefficient (Wildman–Crippen LogP) is 4.60. The summed E-state index contributed by atoms with van der Waals surface area (Å²) in [6.07, 6.45) is 1.99. The molecule has 0 aliphatic rings. The van der Waals surface area contributed by atoms with Gasteiger partial charge in [0.2, 0.25) is 5.96 Å². The summed E-state index contributed by atoms with van der Waals surface area (Å²) in [4.78, 5) is 7.93. The van der Waals surface area contributed by atoms with Gasteiger partial charge in [-0.15, -0.1) is 11.8 Å². The zero-order valence-corrected chi connectivity index (χ0v) is 17.0. The average Bonchev–Trinajstić information content (AvgIpc) is 2.56. The molecule has 2 rings (SSSR count). The summed E-state index contributed by atoms with van der Waals surface area (Å²) in [5.41, 5.74) is 7.53. The van der Waals surface area contributed by atoms with Crippen molar-refractivity contribution in [2.75, 3.05) is 18.2 Å². The lowest BCUT2D eigenvalue weighted by Gasteiger charge is -2.18. The van der Waals surface area contributed by atoms with E-state index in [1.54, 1.807) is 29.8 Å². The highest BCUT2D eigenvalue weighted by Gasteiger charge is 2.09. The number of nitrogens with two attached hydrogens (primary N) is 1. The summed E-state index contributed by atoms with van der Waals surface area (Å²) < 4.78 is 11.6. The molecule has 0 aromatic heterocycles. The van der Waals surface area contributed by atoms with Crippen LogP contribution in [0.3, 0.4) is 0 Å². The zero-order chi connectivity index (χ0) is 17.0. The molecule has 8 heteroatoms. The number of halogens is 2. The van der Waals surface area contributed by atoms with Gasteiger partial charge in [0.15, 0.2) is 0 Å². The molecule has 2 aromatic rings. The quantitative estimate of drug-likeness (QED) is 0.229. The number of aliphatic imine (C=N–C) groups is 1. The minimum Gasteiger partial charge on any atom is -0.369 e. The normalized spacial score (nSPS) is 13.0. The molecule has 0 amide bonds. The summed E-state index contributed by atoms with van der Waals surface area (Å²) in [7, 11) is 0.730. The summed E-state index contributed by atoms with van der Waals surface area (Å²) in [5.74, 6) is 0.307. The van der Waals surface area contributed by atoms with Crippen LogP contribution in [-0.2, 0) is 7.97 Å². The smallest absolute Gasteiger partial charge is 0.200 e. The lowest BCUT2D eigenvalue weighted by Crippen LogP contribution is -2.33. The standard InChI is InChI=1S/C15H15ClIN3OS2/c1-20(10-4-3-5-12(8-10)23(17)21)15(18)19-14-9-11(22-2)6-7-13(14)16/h3-9H,1-2H3,(H2,18,19)/t23-/m0/s1. The van der Waals surface area contributed by atoms with Gasteiger partial charge in [-0.05, 0) is 42.7 Å². The van der Waals surface area contributed by atoms with E-state index in [0.29, 0.717) is 16.7 Å². The maximum absolute atomic E-state index is 11.6. The van der Waals surface area contributed by atoms with Crippen molar-refractivity contribution in [3.8, 4) is 0 Å². The van der Waals surface area contributed by atoms with Gasteiger partial charge in [0.1, 0.15) is 7.97 Å². The summed E-state index contributed by atoms with van der Waals surface area (Å²) >= 11 is 9.66. The molecule has 2 N–H and O–H groups in total. The maximum Gasteiger partial charge on any atom is 0.200 e. The minimum absolute atomic E-state index is 0.307. The molecular formula is C15H15ClIN3OS2. The molecule has 0 saturated carbocycles. The molecule has 4 nitrogen and oxygen atoms in total. The third kappa shape index (κ3) is 4.85. The van der Waals surface area contributed by atoms with E-state index in [-0.39, 0.29) is 0 Å². The molecule has 0 aliphatic carbocycles. The van der Waals surface area contributed by atoms with Crippen molar-refractivity contribution in [3.63, 3.8) is 0 Å². The fraction of sp³-hybridized carbons (Fsp3) is 0.133. The Morgan fingerprint density at radius 3 is 2.74 bits per heavy atom. The first kappa shape index (κ1) is 18.6. The molecule has 1 atom stereocenters. The molecule has 0 fully saturated rings. The summed E-state index contributed by atoms with van der Waals surface area (Å²) in [6, 6.07) is 13.0. The number of anilines is 1. The van der Waals surface area contributed by atoms with Crippen LogP contribution in [0.15, 0.2) is 57.2 Å². The highest BCUT2D eigenvalue weighted by Crippen LogP contribution is 2.30. The molecule has 0 radical (unpaired) electrons. The van der Waals surface area contributed by atoms with Crippen LogP contribution in [0, 0.1) is 0 Å². The molecule has 0 saturated heterocycles. The summed E-state index contributed by atoms with van der Waals surface area (Å²) in [6.45, 7) is 0. The Hall–Kier alpha value is -0.770. The number of rotatable bonds is 4. The first-order valence-corrected chi connectivity index (χ1v) is 11.8. The number of nitrogens with zero attached hydrogens (tertiary/aromatic N) is 2. The molecule has 0 spiro atoms. The van der Waals surface area contributed by atoms with Crippen LogP contribution in [0.1, 0.15) is 0 Å². The van der Waals surface area contributed by atoms with Crippen LogP contribution in [0.25, 0.3) is 0 Å². The van der Waals surface area contributed by atoms with Gasteiger partial charge < -0.3 is 10.6 Å². The predicted molar refractivity (Wildman–Crippen MR) is 110 cm³/mol. The Morgan fingerprint density at radius 1 is 1.35 bits per heavy atom. The zero-order valence-electron chi connectivity index (χ0n) is 12.5. The monoisotopic (exact) mass is 479 g/mol. The largest absolute Gasteiger partial charge is 0.369 e. The first-order valence-electron chi connectivity index (χ1n) is 6.52. The van der Waals surface area contributed by atoms with E-state index in [2.05, 4.69) is 4.99 Å². The molecule has 2 aromatic carbocycles. The van der Waals surface area contributed by atoms with Crippen molar-refractivity contribution in [3.05, 3.63) is 47.5 Å². The molecule has 23 heavy (non-hydrogen) atoms. The highest BCUT2D eigenvalue weighted by molar-refractivity contribution is 14.2. The molecule has 0 unspecified atom stereocenters. The topological polar surface area (TPSA) is 58.7 Å². The van der Waals surface area contributed by atoms with E-state index < -0.39 is 7.97 Å². The molecule has 0 bridgehead atoms. The van der Waals surface area contributed by atoms with Gasteiger partial charge in [-0.25, -0.2) is 9.20 Å². The average molecular weight is 480 g/mol. The van der Waals surface area contributed by atoms with Crippen LogP contribution < -0.4 is 10.6 Å². The van der Waals surface area contributed by atoms with E-state index in [4.69, 9.17) is 17.3 Å². The SMILES string of the molecule is CSc1ccc(Cl)c(N=C(N)N(C)c2cccc([S@](=O)I)c2)c1. The fourth-order valence-electron chi connectivity index (χ4n) is 1.83. The lowest BCUT2D eigenvalue weighted by molar-refractivity contribution is 0.693. The van der Waals surface area contributed by atoms with E-state index in [1.807, 2.05) is 63.9 Å². The van der Waals surface area contributed by atoms with Crippen LogP contribution >= 0.6 is 44.6 Å². The third-order valence-electron chi connectivity index (χ3n) is 3.12.